The Bertz CT molecular complexity index is 125. The summed E-state index contributed by atoms with van der Waals surface area (Å²) in [4.78, 5) is 0. The highest BCUT2D eigenvalue weighted by molar-refractivity contribution is 4.46. The molecule has 0 rings (SSSR count). The smallest absolute Gasteiger partial charge is 0.151 e. The topological polar surface area (TPSA) is 29.5 Å². The van der Waals surface area contributed by atoms with Gasteiger partial charge in [0.25, 0.3) is 0 Å². The number of hydrogen-bond donors (Lipinski definition) is 1. The maximum Gasteiger partial charge on any atom is 0.151 e. The molecule has 2 nitrogen and oxygen atoms in total. The van der Waals surface area contributed by atoms with Crippen LogP contribution in [-0.4, -0.2) is 18.0 Å². The fourth-order valence-electron chi connectivity index (χ4n) is 1.98. The molecule has 1 atom stereocenters. The summed E-state index contributed by atoms with van der Waals surface area (Å²) in [6, 6.07) is 0. The van der Waals surface area contributed by atoms with Gasteiger partial charge in [-0.2, -0.15) is 0 Å². The Balaban J connectivity index is 0. The molecule has 0 aromatic heterocycles. The van der Waals surface area contributed by atoms with E-state index in [1.165, 1.54) is 70.6 Å². The monoisotopic (exact) mass is 274 g/mol. The van der Waals surface area contributed by atoms with Crippen LogP contribution in [0.5, 0.6) is 0 Å². The van der Waals surface area contributed by atoms with Gasteiger partial charge in [-0.3, -0.25) is 0 Å². The molecule has 1 unspecified atom stereocenters. The molecule has 0 aliphatic carbocycles. The first kappa shape index (κ1) is 21.2. The Morgan fingerprint density at radius 2 is 1.00 bits per heavy atom. The highest BCUT2D eigenvalue weighted by Gasteiger charge is 1.91. The Labute approximate surface area is 121 Å². The minimum Gasteiger partial charge on any atom is -0.368 e. The Hall–Kier alpha value is -0.0800. The van der Waals surface area contributed by atoms with Crippen molar-refractivity contribution in [3.8, 4) is 0 Å². The van der Waals surface area contributed by atoms with Crippen molar-refractivity contribution in [2.75, 3.05) is 6.61 Å². The van der Waals surface area contributed by atoms with Gasteiger partial charge in [-0.1, -0.05) is 84.5 Å². The fourth-order valence-corrected chi connectivity index (χ4v) is 1.98. The van der Waals surface area contributed by atoms with Gasteiger partial charge in [-0.05, 0) is 13.8 Å². The van der Waals surface area contributed by atoms with Crippen molar-refractivity contribution >= 4 is 0 Å². The van der Waals surface area contributed by atoms with Crippen LogP contribution in [0.2, 0.25) is 0 Å². The molecule has 0 aliphatic rings. The van der Waals surface area contributed by atoms with Crippen LogP contribution in [0.3, 0.4) is 0 Å². The molecule has 2 heteroatoms. The first-order valence-corrected chi connectivity index (χ1v) is 8.48. The number of aliphatic hydroxyl groups is 1. The molecule has 0 bridgehead atoms. The highest BCUT2D eigenvalue weighted by Crippen LogP contribution is 2.10. The van der Waals surface area contributed by atoms with E-state index in [9.17, 15) is 0 Å². The van der Waals surface area contributed by atoms with Crippen molar-refractivity contribution in [3.63, 3.8) is 0 Å². The third kappa shape index (κ3) is 27.2. The Morgan fingerprint density at radius 3 is 1.16 bits per heavy atom. The van der Waals surface area contributed by atoms with Gasteiger partial charge >= 0.3 is 0 Å². The van der Waals surface area contributed by atoms with Crippen LogP contribution in [0.4, 0.5) is 0 Å². The van der Waals surface area contributed by atoms with E-state index >= 15 is 0 Å². The quantitative estimate of drug-likeness (QED) is 0.366. The lowest BCUT2D eigenvalue weighted by Crippen LogP contribution is -2.04. The molecule has 0 fully saturated rings. The third-order valence-electron chi connectivity index (χ3n) is 3.11. The summed E-state index contributed by atoms with van der Waals surface area (Å²) in [5.41, 5.74) is 0. The van der Waals surface area contributed by atoms with E-state index in [4.69, 9.17) is 5.11 Å². The summed E-state index contributed by atoms with van der Waals surface area (Å²) in [7, 11) is 0. The third-order valence-corrected chi connectivity index (χ3v) is 3.11. The fraction of sp³-hybridized carbons (Fsp3) is 1.00. The van der Waals surface area contributed by atoms with Crippen LogP contribution in [0.25, 0.3) is 0 Å². The predicted molar refractivity (Wildman–Crippen MR) is 85.4 cm³/mol. The van der Waals surface area contributed by atoms with Gasteiger partial charge in [0.15, 0.2) is 6.29 Å². The minimum absolute atomic E-state index is 0.581. The number of unbranched alkanes of at least 4 members (excludes halogenated alkanes) is 10. The van der Waals surface area contributed by atoms with E-state index in [1.54, 1.807) is 6.92 Å². The van der Waals surface area contributed by atoms with E-state index < -0.39 is 6.29 Å². The number of hydrogen-bond acceptors (Lipinski definition) is 2. The van der Waals surface area contributed by atoms with Crippen LogP contribution in [0, 0.1) is 0 Å². The lowest BCUT2D eigenvalue weighted by atomic mass is 10.1. The van der Waals surface area contributed by atoms with E-state index in [-0.39, 0.29) is 0 Å². The highest BCUT2D eigenvalue weighted by atomic mass is 16.6. The number of aliphatic hydroxyl groups excluding tert-OH is 1. The second kappa shape index (κ2) is 20.2. The Morgan fingerprint density at radius 1 is 0.684 bits per heavy atom. The molecule has 19 heavy (non-hydrogen) atoms. The summed E-state index contributed by atoms with van der Waals surface area (Å²) in [6.45, 7) is 8.57. The molecular formula is C17H38O2. The molecule has 0 radical (unpaired) electrons. The van der Waals surface area contributed by atoms with Crippen molar-refractivity contribution in [3.05, 3.63) is 0 Å². The predicted octanol–water partition coefficient (Wildman–Crippen LogP) is 5.68. The SMILES string of the molecule is CCCCCCCCCCCCC.CCOC(C)O. The van der Waals surface area contributed by atoms with Gasteiger partial charge in [0.1, 0.15) is 0 Å². The van der Waals surface area contributed by atoms with E-state index in [2.05, 4.69) is 18.6 Å². The van der Waals surface area contributed by atoms with Crippen LogP contribution >= 0.6 is 0 Å². The van der Waals surface area contributed by atoms with Crippen molar-refractivity contribution in [1.29, 1.82) is 0 Å². The summed E-state index contributed by atoms with van der Waals surface area (Å²) in [6.07, 6.45) is 15.3. The summed E-state index contributed by atoms with van der Waals surface area (Å²) < 4.78 is 4.60. The maximum absolute atomic E-state index is 8.33. The first-order valence-electron chi connectivity index (χ1n) is 8.48. The maximum atomic E-state index is 8.33. The van der Waals surface area contributed by atoms with Gasteiger partial charge in [0.05, 0.1) is 0 Å². The molecule has 0 saturated carbocycles. The van der Waals surface area contributed by atoms with Gasteiger partial charge in [-0.15, -0.1) is 0 Å². The minimum atomic E-state index is -0.602. The van der Waals surface area contributed by atoms with Crippen LogP contribution in [0.1, 0.15) is 98.3 Å². The molecule has 118 valence electrons. The zero-order chi connectivity index (χ0) is 14.8. The van der Waals surface area contributed by atoms with Gasteiger partial charge in [0, 0.05) is 6.61 Å². The second-order valence-electron chi connectivity index (χ2n) is 5.24. The molecule has 0 heterocycles. The zero-order valence-electron chi connectivity index (χ0n) is 13.9. The lowest BCUT2D eigenvalue weighted by Gasteiger charge is -2.00. The van der Waals surface area contributed by atoms with E-state index in [0.717, 1.165) is 0 Å². The standard InChI is InChI=1S/C13H28.C4H10O2/c1-3-5-7-9-11-13-12-10-8-6-4-2;1-3-6-4(2)5/h3-13H2,1-2H3;4-5H,3H2,1-2H3. The summed E-state index contributed by atoms with van der Waals surface area (Å²) >= 11 is 0. The molecular weight excluding hydrogens is 236 g/mol. The van der Waals surface area contributed by atoms with Crippen LogP contribution in [-0.2, 0) is 4.74 Å². The first-order chi connectivity index (χ1) is 9.18. The largest absolute Gasteiger partial charge is 0.368 e. The molecule has 0 amide bonds. The van der Waals surface area contributed by atoms with Crippen molar-refractivity contribution in [1.82, 2.24) is 0 Å². The average molecular weight is 274 g/mol. The number of rotatable bonds is 12. The molecule has 1 N–H and O–H groups in total. The van der Waals surface area contributed by atoms with Crippen LogP contribution < -0.4 is 0 Å². The van der Waals surface area contributed by atoms with Gasteiger partial charge < -0.3 is 9.84 Å². The normalized spacial score (nSPS) is 11.8. The van der Waals surface area contributed by atoms with E-state index in [0.29, 0.717) is 6.61 Å². The molecule has 0 aliphatic heterocycles. The van der Waals surface area contributed by atoms with Crippen molar-refractivity contribution in [2.45, 2.75) is 105 Å². The zero-order valence-corrected chi connectivity index (χ0v) is 13.9. The lowest BCUT2D eigenvalue weighted by molar-refractivity contribution is -0.0800. The molecule has 0 saturated heterocycles. The molecule has 0 aromatic carbocycles. The summed E-state index contributed by atoms with van der Waals surface area (Å²) in [5, 5.41) is 8.33. The van der Waals surface area contributed by atoms with Crippen LogP contribution in [0.15, 0.2) is 0 Å². The van der Waals surface area contributed by atoms with Gasteiger partial charge in [0.2, 0.25) is 0 Å². The molecule has 0 spiro atoms. The average Bonchev–Trinajstić information content (AvgIpc) is 2.37. The second-order valence-corrected chi connectivity index (χ2v) is 5.24. The van der Waals surface area contributed by atoms with Crippen molar-refractivity contribution in [2.24, 2.45) is 0 Å². The van der Waals surface area contributed by atoms with Crippen molar-refractivity contribution < 1.29 is 9.84 Å². The van der Waals surface area contributed by atoms with Gasteiger partial charge in [-0.25, -0.2) is 0 Å². The summed E-state index contributed by atoms with van der Waals surface area (Å²) in [5.74, 6) is 0. The Kier molecular flexibility index (Phi) is 22.6. The van der Waals surface area contributed by atoms with E-state index in [1.807, 2.05) is 6.92 Å². The molecule has 0 aromatic rings. The number of ether oxygens (including phenoxy) is 1.